The smallest absolute Gasteiger partial charge is 0.252 e. The third-order valence-electron chi connectivity index (χ3n) is 3.62. The van der Waals surface area contributed by atoms with Gasteiger partial charge in [-0.05, 0) is 47.0 Å². The normalized spacial score (nSPS) is 9.54. The zero-order valence-corrected chi connectivity index (χ0v) is 24.0. The highest BCUT2D eigenvalue weighted by molar-refractivity contribution is 6.67. The second-order valence-electron chi connectivity index (χ2n) is 6.21. The first-order valence-electron chi connectivity index (χ1n) is 10.0. The molecule has 0 atom stereocenters. The van der Waals surface area contributed by atoms with E-state index in [-0.39, 0.29) is 5.91 Å². The van der Waals surface area contributed by atoms with Gasteiger partial charge in [0.25, 0.3) is 11.1 Å². The number of methoxy groups -OCH3 is 2. The molecule has 0 aliphatic carbocycles. The van der Waals surface area contributed by atoms with Gasteiger partial charge in [-0.1, -0.05) is 59.1 Å². The topological polar surface area (TPSA) is 90.7 Å². The largest absolute Gasteiger partial charge is 0.383 e. The zero-order chi connectivity index (χ0) is 27.1. The van der Waals surface area contributed by atoms with Crippen molar-refractivity contribution in [2.24, 2.45) is 5.73 Å². The lowest BCUT2D eigenvalue weighted by Crippen LogP contribution is -2.26. The van der Waals surface area contributed by atoms with E-state index in [1.165, 1.54) is 0 Å². The molecule has 0 aromatic heterocycles. The molecule has 2 aromatic rings. The molecule has 0 aliphatic heterocycles. The average molecular weight is 611 g/mol. The number of alkyl halides is 5. The molecule has 0 spiro atoms. The maximum Gasteiger partial charge on any atom is 0.252 e. The molecule has 198 valence electrons. The molecule has 0 unspecified atom stereocenters. The maximum atomic E-state index is 11.5. The molecule has 0 bridgehead atoms. The molecular formula is C23H30Cl6N2O4. The van der Waals surface area contributed by atoms with Crippen molar-refractivity contribution in [2.75, 3.05) is 40.5 Å². The van der Waals surface area contributed by atoms with E-state index in [1.54, 1.807) is 50.6 Å². The lowest BCUT2D eigenvalue weighted by atomic mass is 10.1. The lowest BCUT2D eigenvalue weighted by molar-refractivity contribution is 0.0936. The number of nitrogens with two attached hydrogens (primary N) is 1. The number of amides is 1. The fourth-order valence-corrected chi connectivity index (χ4v) is 2.44. The van der Waals surface area contributed by atoms with E-state index in [0.717, 1.165) is 11.1 Å². The van der Waals surface area contributed by atoms with Crippen LogP contribution in [-0.2, 0) is 21.2 Å². The van der Waals surface area contributed by atoms with Gasteiger partial charge in [-0.15, -0.1) is 23.2 Å². The minimum absolute atomic E-state index is 0.0897. The number of carbonyl (C=O) groups excluding carboxylic acids is 2. The quantitative estimate of drug-likeness (QED) is 0.201. The highest BCUT2D eigenvalue weighted by Gasteiger charge is 2.03. The summed E-state index contributed by atoms with van der Waals surface area (Å²) in [7, 11) is 3.23. The van der Waals surface area contributed by atoms with Gasteiger partial charge in [0.2, 0.25) is 0 Å². The first kappa shape index (κ1) is 36.4. The Morgan fingerprint density at radius 2 is 1.23 bits per heavy atom. The average Bonchev–Trinajstić information content (AvgIpc) is 2.85. The first-order chi connectivity index (χ1) is 16.7. The third kappa shape index (κ3) is 22.1. The molecule has 6 nitrogen and oxygen atoms in total. The number of hydrogen-bond acceptors (Lipinski definition) is 5. The minimum Gasteiger partial charge on any atom is -0.383 e. The van der Waals surface area contributed by atoms with E-state index in [2.05, 4.69) is 10.1 Å². The van der Waals surface area contributed by atoms with Crippen molar-refractivity contribution >= 4 is 80.8 Å². The summed E-state index contributed by atoms with van der Waals surface area (Å²) in [6.07, 6.45) is 0. The number of halogens is 6. The predicted molar refractivity (Wildman–Crippen MR) is 149 cm³/mol. The molecule has 3 N–H and O–H groups in total. The molecule has 1 amide bonds. The van der Waals surface area contributed by atoms with Gasteiger partial charge >= 0.3 is 0 Å². The summed E-state index contributed by atoms with van der Waals surface area (Å²) in [5.41, 5.74) is 8.14. The van der Waals surface area contributed by atoms with Crippen molar-refractivity contribution in [1.82, 2.24) is 5.32 Å². The van der Waals surface area contributed by atoms with E-state index in [0.29, 0.717) is 49.2 Å². The Hall–Kier alpha value is -0.800. The van der Waals surface area contributed by atoms with Crippen LogP contribution in [0.2, 0.25) is 0 Å². The summed E-state index contributed by atoms with van der Waals surface area (Å²) in [5.74, 6) is 0.829. The van der Waals surface area contributed by atoms with E-state index in [4.69, 9.17) is 80.1 Å². The Morgan fingerprint density at radius 3 is 1.51 bits per heavy atom. The summed E-state index contributed by atoms with van der Waals surface area (Å²) >= 11 is 30.8. The molecule has 35 heavy (non-hydrogen) atoms. The number of nitrogens with one attached hydrogen (secondary N) is 1. The van der Waals surface area contributed by atoms with Crippen LogP contribution >= 0.6 is 69.6 Å². The molecule has 0 heterocycles. The summed E-state index contributed by atoms with van der Waals surface area (Å²) in [6, 6.07) is 14.1. The molecule has 2 rings (SSSR count). The van der Waals surface area contributed by atoms with Crippen molar-refractivity contribution in [3.63, 3.8) is 0 Å². The zero-order valence-electron chi connectivity index (χ0n) is 19.4. The van der Waals surface area contributed by atoms with Crippen LogP contribution in [-0.4, -0.2) is 56.0 Å². The van der Waals surface area contributed by atoms with Gasteiger partial charge in [-0.3, -0.25) is 9.59 Å². The van der Waals surface area contributed by atoms with E-state index in [9.17, 15) is 9.59 Å². The molecule has 0 fully saturated rings. The van der Waals surface area contributed by atoms with Crippen molar-refractivity contribution in [1.29, 1.82) is 0 Å². The Kier molecular flexibility index (Phi) is 25.8. The summed E-state index contributed by atoms with van der Waals surface area (Å²) in [5, 5.41) is 2.30. The van der Waals surface area contributed by atoms with E-state index < -0.39 is 9.54 Å². The SMILES string of the molecule is COCCN.COCCNC(=O)c1ccc(CCl)cc1.ClC(Cl)Cl.O=C(Cl)c1ccc(CCl)cc1. The van der Waals surface area contributed by atoms with Crippen LogP contribution in [0.5, 0.6) is 0 Å². The Labute approximate surface area is 237 Å². The van der Waals surface area contributed by atoms with Gasteiger partial charge in [0.1, 0.15) is 0 Å². The fraction of sp³-hybridized carbons (Fsp3) is 0.391. The molecule has 0 saturated heterocycles. The first-order valence-corrected chi connectivity index (χ1v) is 12.8. The number of rotatable bonds is 9. The van der Waals surface area contributed by atoms with Crippen molar-refractivity contribution < 1.29 is 19.1 Å². The van der Waals surface area contributed by atoms with Gasteiger partial charge in [-0.25, -0.2) is 0 Å². The highest BCUT2D eigenvalue weighted by atomic mass is 35.6. The van der Waals surface area contributed by atoms with E-state index >= 15 is 0 Å². The van der Waals surface area contributed by atoms with Crippen LogP contribution in [0, 0.1) is 0 Å². The number of carbonyl (C=O) groups is 2. The number of ether oxygens (including phenoxy) is 2. The van der Waals surface area contributed by atoms with Crippen LogP contribution in [0.3, 0.4) is 0 Å². The predicted octanol–water partition coefficient (Wildman–Crippen LogP) is 6.18. The van der Waals surface area contributed by atoms with Crippen LogP contribution in [0.25, 0.3) is 0 Å². The van der Waals surface area contributed by atoms with Gasteiger partial charge < -0.3 is 20.5 Å². The molecule has 0 aliphatic rings. The standard InChI is InChI=1S/C11H14ClNO2.C8H6Cl2O.C3H9NO.CHCl3/c1-15-7-6-13-11(14)10-4-2-9(8-12)3-5-10;9-5-6-1-3-7(4-2-6)8(10)11;1-5-3-2-4;2-1(3)4/h2-5H,6-8H2,1H3,(H,13,14);1-4H,5H2;2-4H2,1H3;1H. The Bertz CT molecular complexity index is 789. The monoisotopic (exact) mass is 608 g/mol. The number of hydrogen-bond donors (Lipinski definition) is 2. The molecule has 0 radical (unpaired) electrons. The minimum atomic E-state index is -0.750. The van der Waals surface area contributed by atoms with Gasteiger partial charge in [-0.2, -0.15) is 0 Å². The second kappa shape index (κ2) is 24.9. The van der Waals surface area contributed by atoms with Gasteiger partial charge in [0.05, 0.1) is 13.2 Å². The van der Waals surface area contributed by atoms with Crippen molar-refractivity contribution in [3.8, 4) is 0 Å². The summed E-state index contributed by atoms with van der Waals surface area (Å²) < 4.78 is 8.65. The van der Waals surface area contributed by atoms with Crippen LogP contribution in [0.15, 0.2) is 48.5 Å². The third-order valence-corrected chi connectivity index (χ3v) is 4.45. The second-order valence-corrected chi connectivity index (χ2v) is 9.07. The molecule has 12 heteroatoms. The van der Waals surface area contributed by atoms with Gasteiger partial charge in [0, 0.05) is 50.2 Å². The summed E-state index contributed by atoms with van der Waals surface area (Å²) in [4.78, 5) is 22.1. The molecule has 0 saturated carbocycles. The molecular weight excluding hydrogens is 581 g/mol. The highest BCUT2D eigenvalue weighted by Crippen LogP contribution is 2.09. The summed E-state index contributed by atoms with van der Waals surface area (Å²) in [6.45, 7) is 2.33. The Balaban J connectivity index is 0. The van der Waals surface area contributed by atoms with Crippen LogP contribution in [0.1, 0.15) is 31.8 Å². The lowest BCUT2D eigenvalue weighted by Gasteiger charge is -2.04. The fourth-order valence-electron chi connectivity index (χ4n) is 1.96. The van der Waals surface area contributed by atoms with Crippen molar-refractivity contribution in [2.45, 2.75) is 16.1 Å². The Morgan fingerprint density at radius 1 is 0.829 bits per heavy atom. The number of benzene rings is 2. The van der Waals surface area contributed by atoms with Crippen LogP contribution in [0.4, 0.5) is 0 Å². The maximum absolute atomic E-state index is 11.5. The van der Waals surface area contributed by atoms with E-state index in [1.807, 2.05) is 12.1 Å². The van der Waals surface area contributed by atoms with Gasteiger partial charge in [0.15, 0.2) is 4.30 Å². The molecule has 2 aromatic carbocycles. The van der Waals surface area contributed by atoms with Crippen LogP contribution < -0.4 is 11.1 Å². The van der Waals surface area contributed by atoms with Crippen molar-refractivity contribution in [3.05, 3.63) is 70.8 Å².